The van der Waals surface area contributed by atoms with E-state index in [9.17, 15) is 15.4 Å². The fourth-order valence-electron chi connectivity index (χ4n) is 3.59. The predicted octanol–water partition coefficient (Wildman–Crippen LogP) is 3.73. The minimum Gasteiger partial charge on any atom is -0.370 e. The molecule has 2 heterocycles. The van der Waals surface area contributed by atoms with Crippen LogP contribution < -0.4 is 4.90 Å². The molecule has 0 radical (unpaired) electrons. The number of aromatic nitrogens is 2. The van der Waals surface area contributed by atoms with Crippen LogP contribution in [0.5, 0.6) is 0 Å². The van der Waals surface area contributed by atoms with Crippen LogP contribution in [0.2, 0.25) is 0 Å². The number of fused-ring (bicyclic) bond motifs is 1. The van der Waals surface area contributed by atoms with Crippen LogP contribution in [-0.4, -0.2) is 28.0 Å². The number of anilines is 1. The predicted molar refractivity (Wildman–Crippen MR) is 98.1 cm³/mol. The number of benzene rings is 2. The fraction of sp³-hybridized carbons (Fsp3) is 0.263. The average Bonchev–Trinajstić information content (AvgIpc) is 3.12. The van der Waals surface area contributed by atoms with Crippen LogP contribution >= 0.6 is 0 Å². The summed E-state index contributed by atoms with van der Waals surface area (Å²) >= 11 is 0. The zero-order chi connectivity index (χ0) is 18.1. The number of nitro benzene ring substituents is 1. The number of non-ortho nitro benzene ring substituents is 1. The first-order valence-corrected chi connectivity index (χ1v) is 8.54. The Balaban J connectivity index is 1.62. The van der Waals surface area contributed by atoms with E-state index in [1.54, 1.807) is 6.07 Å². The Hall–Kier alpha value is -3.40. The van der Waals surface area contributed by atoms with Crippen LogP contribution in [0, 0.1) is 21.4 Å². The lowest BCUT2D eigenvalue weighted by atomic mass is 9.96. The standard InChI is InChI=1S/C19H17N5O2/c20-11-14-10-15(24(25)26)7-8-18(14)23-9-3-4-13(12-23)19-21-16-5-1-2-6-17(16)22-19/h1-2,5-8,10,13H,3-4,9,12H2,(H,21,22). The van der Waals surface area contributed by atoms with Gasteiger partial charge in [0.15, 0.2) is 0 Å². The number of nitrogens with zero attached hydrogens (tertiary/aromatic N) is 4. The smallest absolute Gasteiger partial charge is 0.270 e. The normalized spacial score (nSPS) is 17.2. The molecule has 1 unspecified atom stereocenters. The number of hydrogen-bond donors (Lipinski definition) is 1. The molecule has 1 aromatic heterocycles. The molecule has 1 fully saturated rings. The summed E-state index contributed by atoms with van der Waals surface area (Å²) in [6.45, 7) is 1.55. The van der Waals surface area contributed by atoms with Crippen molar-refractivity contribution in [2.24, 2.45) is 0 Å². The minimum absolute atomic E-state index is 0.0591. The zero-order valence-corrected chi connectivity index (χ0v) is 14.1. The van der Waals surface area contributed by atoms with Gasteiger partial charge in [-0.05, 0) is 31.0 Å². The Morgan fingerprint density at radius 1 is 1.31 bits per heavy atom. The van der Waals surface area contributed by atoms with E-state index in [2.05, 4.69) is 16.0 Å². The maximum Gasteiger partial charge on any atom is 0.270 e. The summed E-state index contributed by atoms with van der Waals surface area (Å²) < 4.78 is 0. The molecule has 0 saturated carbocycles. The third-order valence-corrected chi connectivity index (χ3v) is 4.87. The second-order valence-electron chi connectivity index (χ2n) is 6.49. The molecule has 130 valence electrons. The van der Waals surface area contributed by atoms with Gasteiger partial charge >= 0.3 is 0 Å². The molecule has 26 heavy (non-hydrogen) atoms. The SMILES string of the molecule is N#Cc1cc([N+](=O)[O-])ccc1N1CCCC(c2nc3ccccc3[nH]2)C1. The fourth-order valence-corrected chi connectivity index (χ4v) is 3.59. The van der Waals surface area contributed by atoms with Gasteiger partial charge in [0, 0.05) is 31.1 Å². The molecule has 3 aromatic rings. The minimum atomic E-state index is -0.474. The lowest BCUT2D eigenvalue weighted by Crippen LogP contribution is -2.35. The molecular formula is C19H17N5O2. The van der Waals surface area contributed by atoms with Crippen molar-refractivity contribution in [3.8, 4) is 6.07 Å². The van der Waals surface area contributed by atoms with Crippen LogP contribution in [0.3, 0.4) is 0 Å². The highest BCUT2D eigenvalue weighted by molar-refractivity contribution is 5.75. The lowest BCUT2D eigenvalue weighted by Gasteiger charge is -2.34. The van der Waals surface area contributed by atoms with Crippen LogP contribution in [0.15, 0.2) is 42.5 Å². The van der Waals surface area contributed by atoms with E-state index < -0.39 is 4.92 Å². The Morgan fingerprint density at radius 3 is 2.92 bits per heavy atom. The molecule has 1 aliphatic heterocycles. The van der Waals surface area contributed by atoms with Gasteiger partial charge in [-0.3, -0.25) is 10.1 Å². The van der Waals surface area contributed by atoms with Crippen LogP contribution in [0.25, 0.3) is 11.0 Å². The van der Waals surface area contributed by atoms with Gasteiger partial charge in [0.05, 0.1) is 27.2 Å². The highest BCUT2D eigenvalue weighted by atomic mass is 16.6. The van der Waals surface area contributed by atoms with Gasteiger partial charge in [-0.25, -0.2) is 4.98 Å². The zero-order valence-electron chi connectivity index (χ0n) is 14.1. The number of nitrogens with one attached hydrogen (secondary N) is 1. The summed E-state index contributed by atoms with van der Waals surface area (Å²) in [6, 6.07) is 14.5. The molecule has 0 amide bonds. The van der Waals surface area contributed by atoms with Crippen molar-refractivity contribution >= 4 is 22.4 Å². The largest absolute Gasteiger partial charge is 0.370 e. The first kappa shape index (κ1) is 16.1. The van der Waals surface area contributed by atoms with Gasteiger partial charge in [0.25, 0.3) is 5.69 Å². The van der Waals surface area contributed by atoms with Gasteiger partial charge < -0.3 is 9.88 Å². The summed E-state index contributed by atoms with van der Waals surface area (Å²) in [6.07, 6.45) is 1.99. The Kier molecular flexibility index (Phi) is 4.01. The van der Waals surface area contributed by atoms with Gasteiger partial charge in [-0.2, -0.15) is 5.26 Å². The van der Waals surface area contributed by atoms with Crippen molar-refractivity contribution in [2.75, 3.05) is 18.0 Å². The second-order valence-corrected chi connectivity index (χ2v) is 6.49. The van der Waals surface area contributed by atoms with Crippen molar-refractivity contribution in [1.82, 2.24) is 9.97 Å². The number of nitro groups is 1. The molecule has 4 rings (SSSR count). The topological polar surface area (TPSA) is 98.8 Å². The van der Waals surface area contributed by atoms with E-state index in [-0.39, 0.29) is 11.6 Å². The first-order valence-electron chi connectivity index (χ1n) is 8.54. The number of hydrogen-bond acceptors (Lipinski definition) is 5. The van der Waals surface area contributed by atoms with Crippen molar-refractivity contribution < 1.29 is 4.92 Å². The number of imidazole rings is 1. The van der Waals surface area contributed by atoms with Gasteiger partial charge in [0.2, 0.25) is 0 Å². The van der Waals surface area contributed by atoms with Crippen LogP contribution in [0.4, 0.5) is 11.4 Å². The van der Waals surface area contributed by atoms with E-state index in [1.165, 1.54) is 12.1 Å². The Morgan fingerprint density at radius 2 is 2.15 bits per heavy atom. The number of aromatic amines is 1. The number of para-hydroxylation sites is 2. The molecule has 0 aliphatic carbocycles. The summed E-state index contributed by atoms with van der Waals surface area (Å²) in [5.41, 5.74) is 3.00. The molecule has 1 aliphatic rings. The summed E-state index contributed by atoms with van der Waals surface area (Å²) in [7, 11) is 0. The molecule has 7 nitrogen and oxygen atoms in total. The monoisotopic (exact) mass is 347 g/mol. The van der Waals surface area contributed by atoms with E-state index >= 15 is 0 Å². The first-order chi connectivity index (χ1) is 12.7. The van der Waals surface area contributed by atoms with Crippen LogP contribution in [0.1, 0.15) is 30.1 Å². The van der Waals surface area contributed by atoms with E-state index in [4.69, 9.17) is 4.98 Å². The quantitative estimate of drug-likeness (QED) is 0.575. The molecule has 7 heteroatoms. The molecule has 0 bridgehead atoms. The van der Waals surface area contributed by atoms with Gasteiger partial charge in [-0.15, -0.1) is 0 Å². The third-order valence-electron chi connectivity index (χ3n) is 4.87. The van der Waals surface area contributed by atoms with Gasteiger partial charge in [-0.1, -0.05) is 12.1 Å². The van der Waals surface area contributed by atoms with Crippen molar-refractivity contribution in [2.45, 2.75) is 18.8 Å². The second kappa shape index (κ2) is 6.48. The molecule has 0 spiro atoms. The molecule has 1 saturated heterocycles. The summed E-state index contributed by atoms with van der Waals surface area (Å²) in [4.78, 5) is 20.7. The van der Waals surface area contributed by atoms with Crippen LogP contribution in [-0.2, 0) is 0 Å². The number of rotatable bonds is 3. The molecule has 1 N–H and O–H groups in total. The van der Waals surface area contributed by atoms with Crippen molar-refractivity contribution in [3.63, 3.8) is 0 Å². The highest BCUT2D eigenvalue weighted by Gasteiger charge is 2.26. The number of nitriles is 1. The van der Waals surface area contributed by atoms with E-state index in [0.29, 0.717) is 5.56 Å². The average molecular weight is 347 g/mol. The number of piperidine rings is 1. The van der Waals surface area contributed by atoms with Gasteiger partial charge in [0.1, 0.15) is 11.9 Å². The highest BCUT2D eigenvalue weighted by Crippen LogP contribution is 2.32. The van der Waals surface area contributed by atoms with Crippen molar-refractivity contribution in [3.05, 3.63) is 64.0 Å². The summed E-state index contributed by atoms with van der Waals surface area (Å²) in [5, 5.41) is 20.4. The summed E-state index contributed by atoms with van der Waals surface area (Å²) in [5.74, 6) is 1.19. The lowest BCUT2D eigenvalue weighted by molar-refractivity contribution is -0.384. The number of H-pyrrole nitrogens is 1. The van der Waals surface area contributed by atoms with E-state index in [0.717, 1.165) is 48.5 Å². The Labute approximate surface area is 150 Å². The molecule has 2 aromatic carbocycles. The molecule has 1 atom stereocenters. The Bertz CT molecular complexity index is 987. The molecular weight excluding hydrogens is 330 g/mol. The maximum absolute atomic E-state index is 10.9. The van der Waals surface area contributed by atoms with Crippen molar-refractivity contribution in [1.29, 1.82) is 5.26 Å². The maximum atomic E-state index is 10.9. The third kappa shape index (κ3) is 2.86. The van der Waals surface area contributed by atoms with E-state index in [1.807, 2.05) is 24.3 Å².